The second-order valence-electron chi connectivity index (χ2n) is 6.00. The van der Waals surface area contributed by atoms with Crippen molar-refractivity contribution in [2.45, 2.75) is 0 Å². The van der Waals surface area contributed by atoms with Crippen LogP contribution in [0.1, 0.15) is 10.4 Å². The van der Waals surface area contributed by atoms with Gasteiger partial charge < -0.3 is 5.32 Å². The van der Waals surface area contributed by atoms with Crippen LogP contribution in [0.2, 0.25) is 0 Å². The third-order valence-electron chi connectivity index (χ3n) is 4.27. The highest BCUT2D eigenvalue weighted by atomic mass is 32.1. The summed E-state index contributed by atoms with van der Waals surface area (Å²) < 4.78 is 0. The van der Waals surface area contributed by atoms with E-state index in [-0.39, 0.29) is 11.0 Å². The molecule has 1 amide bonds. The summed E-state index contributed by atoms with van der Waals surface area (Å²) in [5.41, 5.74) is 1.44. The minimum absolute atomic E-state index is 0.222. The maximum absolute atomic E-state index is 12.6. The zero-order valence-electron chi connectivity index (χ0n) is 13.9. The summed E-state index contributed by atoms with van der Waals surface area (Å²) in [7, 11) is 0. The van der Waals surface area contributed by atoms with Gasteiger partial charge in [0.1, 0.15) is 0 Å². The molecule has 0 aliphatic carbocycles. The predicted molar refractivity (Wildman–Crippen MR) is 112 cm³/mol. The summed E-state index contributed by atoms with van der Waals surface area (Å²) in [6.07, 6.45) is 0. The van der Waals surface area contributed by atoms with E-state index in [0.29, 0.717) is 5.56 Å². The Morgan fingerprint density at radius 2 is 1.42 bits per heavy atom. The summed E-state index contributed by atoms with van der Waals surface area (Å²) in [4.78, 5) is 12.6. The molecule has 4 heteroatoms. The zero-order chi connectivity index (χ0) is 17.9. The van der Waals surface area contributed by atoms with Crippen LogP contribution >= 0.6 is 12.2 Å². The van der Waals surface area contributed by atoms with E-state index in [2.05, 4.69) is 16.7 Å². The first-order valence-corrected chi connectivity index (χ1v) is 8.70. The molecule has 0 spiro atoms. The molecule has 4 aromatic rings. The first-order chi connectivity index (χ1) is 12.7. The summed E-state index contributed by atoms with van der Waals surface area (Å²) in [5, 5.41) is 10.3. The molecule has 4 rings (SSSR count). The Morgan fingerprint density at radius 3 is 2.27 bits per heavy atom. The average molecular weight is 356 g/mol. The molecule has 0 atom stereocenters. The maximum atomic E-state index is 12.6. The molecule has 2 N–H and O–H groups in total. The minimum Gasteiger partial charge on any atom is -0.332 e. The van der Waals surface area contributed by atoms with E-state index in [1.54, 1.807) is 6.07 Å². The van der Waals surface area contributed by atoms with E-state index >= 15 is 0 Å². The van der Waals surface area contributed by atoms with Crippen molar-refractivity contribution in [1.29, 1.82) is 0 Å². The Balaban J connectivity index is 1.52. The molecular weight excluding hydrogens is 340 g/mol. The molecule has 4 aromatic carbocycles. The zero-order valence-corrected chi connectivity index (χ0v) is 14.7. The lowest BCUT2D eigenvalue weighted by Gasteiger charge is -2.11. The van der Waals surface area contributed by atoms with E-state index in [4.69, 9.17) is 12.2 Å². The second-order valence-corrected chi connectivity index (χ2v) is 6.41. The van der Waals surface area contributed by atoms with E-state index in [1.807, 2.05) is 72.8 Å². The molecule has 26 heavy (non-hydrogen) atoms. The van der Waals surface area contributed by atoms with Crippen molar-refractivity contribution >= 4 is 50.5 Å². The quantitative estimate of drug-likeness (QED) is 0.490. The normalized spacial score (nSPS) is 10.6. The highest BCUT2D eigenvalue weighted by Gasteiger charge is 2.11. The molecule has 3 nitrogen and oxygen atoms in total. The second kappa shape index (κ2) is 6.94. The van der Waals surface area contributed by atoms with Crippen molar-refractivity contribution in [3.05, 3.63) is 90.5 Å². The van der Waals surface area contributed by atoms with Crippen LogP contribution in [-0.2, 0) is 0 Å². The fourth-order valence-electron chi connectivity index (χ4n) is 3.02. The summed E-state index contributed by atoms with van der Waals surface area (Å²) in [6, 6.07) is 27.5. The lowest BCUT2D eigenvalue weighted by atomic mass is 10.0. The van der Waals surface area contributed by atoms with Gasteiger partial charge in [0.2, 0.25) is 0 Å². The van der Waals surface area contributed by atoms with Gasteiger partial charge in [0.05, 0.1) is 0 Å². The largest absolute Gasteiger partial charge is 0.332 e. The lowest BCUT2D eigenvalue weighted by molar-refractivity contribution is 0.0979. The van der Waals surface area contributed by atoms with Gasteiger partial charge in [-0.2, -0.15) is 0 Å². The molecule has 0 saturated carbocycles. The number of thiocarbonyl (C=S) groups is 1. The SMILES string of the molecule is O=C(NC(=S)Nc1ccc2ccccc2c1)c1cccc2ccccc12. The molecule has 0 aliphatic heterocycles. The van der Waals surface area contributed by atoms with Crippen molar-refractivity contribution in [3.8, 4) is 0 Å². The van der Waals surface area contributed by atoms with Crippen LogP contribution in [0.25, 0.3) is 21.5 Å². The van der Waals surface area contributed by atoms with Crippen molar-refractivity contribution < 1.29 is 4.79 Å². The van der Waals surface area contributed by atoms with Gasteiger partial charge in [-0.1, -0.05) is 66.7 Å². The van der Waals surface area contributed by atoms with Gasteiger partial charge in [-0.05, 0) is 52.0 Å². The smallest absolute Gasteiger partial charge is 0.258 e. The molecule has 0 radical (unpaired) electrons. The van der Waals surface area contributed by atoms with Crippen LogP contribution in [0.5, 0.6) is 0 Å². The summed E-state index contributed by atoms with van der Waals surface area (Å²) in [6.45, 7) is 0. The molecular formula is C22H16N2OS. The van der Waals surface area contributed by atoms with Gasteiger partial charge in [0.15, 0.2) is 5.11 Å². The molecule has 0 aliphatic rings. The Bertz CT molecular complexity index is 1130. The fourth-order valence-corrected chi connectivity index (χ4v) is 3.23. The standard InChI is InChI=1S/C22H16N2OS/c25-21(20-11-5-9-16-7-3-4-10-19(16)20)24-22(26)23-18-13-12-15-6-1-2-8-17(15)14-18/h1-14H,(H2,23,24,25,26). The van der Waals surface area contributed by atoms with Gasteiger partial charge in [0.25, 0.3) is 5.91 Å². The highest BCUT2D eigenvalue weighted by Crippen LogP contribution is 2.20. The van der Waals surface area contributed by atoms with Crippen LogP contribution in [-0.4, -0.2) is 11.0 Å². The van der Waals surface area contributed by atoms with Crippen LogP contribution in [0.15, 0.2) is 84.9 Å². The van der Waals surface area contributed by atoms with Gasteiger partial charge >= 0.3 is 0 Å². The van der Waals surface area contributed by atoms with Gasteiger partial charge in [-0.25, -0.2) is 0 Å². The number of carbonyl (C=O) groups is 1. The number of hydrogen-bond donors (Lipinski definition) is 2. The molecule has 0 fully saturated rings. The van der Waals surface area contributed by atoms with Crippen LogP contribution in [0.3, 0.4) is 0 Å². The van der Waals surface area contributed by atoms with Crippen LogP contribution in [0, 0.1) is 0 Å². The first kappa shape index (κ1) is 16.2. The third-order valence-corrected chi connectivity index (χ3v) is 4.47. The van der Waals surface area contributed by atoms with E-state index in [9.17, 15) is 4.79 Å². The average Bonchev–Trinajstić information content (AvgIpc) is 2.67. The van der Waals surface area contributed by atoms with Crippen molar-refractivity contribution in [2.75, 3.05) is 5.32 Å². The number of rotatable bonds is 2. The number of anilines is 1. The number of benzene rings is 4. The number of hydrogen-bond acceptors (Lipinski definition) is 2. The fraction of sp³-hybridized carbons (Fsp3) is 0. The number of fused-ring (bicyclic) bond motifs is 2. The lowest BCUT2D eigenvalue weighted by Crippen LogP contribution is -2.34. The summed E-state index contributed by atoms with van der Waals surface area (Å²) >= 11 is 5.31. The van der Waals surface area contributed by atoms with E-state index in [1.165, 1.54) is 0 Å². The highest BCUT2D eigenvalue weighted by molar-refractivity contribution is 7.80. The minimum atomic E-state index is -0.222. The topological polar surface area (TPSA) is 41.1 Å². The Morgan fingerprint density at radius 1 is 0.731 bits per heavy atom. The molecule has 126 valence electrons. The maximum Gasteiger partial charge on any atom is 0.258 e. The van der Waals surface area contributed by atoms with Gasteiger partial charge in [-0.15, -0.1) is 0 Å². The van der Waals surface area contributed by atoms with E-state index in [0.717, 1.165) is 27.2 Å². The number of nitrogens with one attached hydrogen (secondary N) is 2. The number of amides is 1. The molecule has 0 saturated heterocycles. The first-order valence-electron chi connectivity index (χ1n) is 8.29. The molecule has 0 heterocycles. The Labute approximate surface area is 156 Å². The summed E-state index contributed by atoms with van der Waals surface area (Å²) in [5.74, 6) is -0.222. The van der Waals surface area contributed by atoms with Gasteiger partial charge in [0, 0.05) is 11.3 Å². The predicted octanol–water partition coefficient (Wildman–Crippen LogP) is 5.12. The van der Waals surface area contributed by atoms with Crippen molar-refractivity contribution in [3.63, 3.8) is 0 Å². The third kappa shape index (κ3) is 3.27. The van der Waals surface area contributed by atoms with Crippen molar-refractivity contribution in [1.82, 2.24) is 5.32 Å². The van der Waals surface area contributed by atoms with Crippen LogP contribution < -0.4 is 10.6 Å². The Kier molecular flexibility index (Phi) is 4.33. The Hall–Kier alpha value is -3.24. The van der Waals surface area contributed by atoms with Crippen molar-refractivity contribution in [2.24, 2.45) is 0 Å². The monoisotopic (exact) mass is 356 g/mol. The van der Waals surface area contributed by atoms with Gasteiger partial charge in [-0.3, -0.25) is 10.1 Å². The number of carbonyl (C=O) groups excluding carboxylic acids is 1. The van der Waals surface area contributed by atoms with E-state index < -0.39 is 0 Å². The van der Waals surface area contributed by atoms with Crippen LogP contribution in [0.4, 0.5) is 5.69 Å². The molecule has 0 aromatic heterocycles. The molecule has 0 bridgehead atoms. The molecule has 0 unspecified atom stereocenters.